The minimum Gasteiger partial charge on any atom is -0.494 e. The molecule has 7 nitrogen and oxygen atoms in total. The minimum atomic E-state index is -2.03. The molecule has 0 saturated carbocycles. The van der Waals surface area contributed by atoms with Crippen molar-refractivity contribution in [1.29, 1.82) is 0 Å². The van der Waals surface area contributed by atoms with Crippen LogP contribution in [0.25, 0.3) is 0 Å². The second-order valence-electron chi connectivity index (χ2n) is 6.48. The SMILES string of the molecule is CCOc1ccc(Cc2cc(C(=O)C(O)C(O)C(O)C(O)C=O)ccc2Cl)cc1. The maximum absolute atomic E-state index is 12.5. The van der Waals surface area contributed by atoms with E-state index in [2.05, 4.69) is 0 Å². The molecule has 0 radical (unpaired) electrons. The number of hydrogen-bond donors (Lipinski definition) is 4. The van der Waals surface area contributed by atoms with Crippen LogP contribution >= 0.6 is 11.6 Å². The van der Waals surface area contributed by atoms with Gasteiger partial charge in [-0.25, -0.2) is 0 Å². The number of aliphatic hydroxyl groups excluding tert-OH is 4. The number of rotatable bonds is 10. The predicted molar refractivity (Wildman–Crippen MR) is 106 cm³/mol. The normalized spacial score (nSPS) is 15.2. The first kappa shape index (κ1) is 23.0. The number of Topliss-reactive ketones (excluding diaryl/α,β-unsaturated/α-hetero) is 1. The topological polar surface area (TPSA) is 124 Å². The van der Waals surface area contributed by atoms with Crippen LogP contribution in [0.3, 0.4) is 0 Å². The fourth-order valence-corrected chi connectivity index (χ4v) is 2.93. The van der Waals surface area contributed by atoms with Gasteiger partial charge in [0.1, 0.15) is 30.2 Å². The molecule has 2 aromatic rings. The number of aliphatic hydroxyl groups is 4. The van der Waals surface area contributed by atoms with Gasteiger partial charge in [0.15, 0.2) is 12.1 Å². The molecule has 4 atom stereocenters. The first-order valence-electron chi connectivity index (χ1n) is 9.00. The Bertz CT molecular complexity index is 837. The van der Waals surface area contributed by atoms with Crippen LogP contribution < -0.4 is 4.74 Å². The zero-order valence-electron chi connectivity index (χ0n) is 15.7. The van der Waals surface area contributed by atoms with Crippen LogP contribution in [0.5, 0.6) is 5.75 Å². The molecule has 2 rings (SSSR count). The van der Waals surface area contributed by atoms with Crippen LogP contribution in [-0.2, 0) is 11.2 Å². The number of carbonyl (C=O) groups excluding carboxylic acids is 2. The molecule has 0 amide bonds. The average Bonchev–Trinajstić information content (AvgIpc) is 2.74. The molecule has 2 aromatic carbocycles. The van der Waals surface area contributed by atoms with Gasteiger partial charge in [-0.05, 0) is 54.8 Å². The lowest BCUT2D eigenvalue weighted by atomic mass is 9.94. The Kier molecular flexibility index (Phi) is 8.31. The van der Waals surface area contributed by atoms with Crippen LogP contribution in [0.1, 0.15) is 28.4 Å². The van der Waals surface area contributed by atoms with Gasteiger partial charge in [-0.1, -0.05) is 23.7 Å². The molecular weight excluding hydrogens is 400 g/mol. The van der Waals surface area contributed by atoms with Crippen LogP contribution in [0, 0.1) is 0 Å². The Morgan fingerprint density at radius 3 is 2.31 bits per heavy atom. The molecule has 0 heterocycles. The fourth-order valence-electron chi connectivity index (χ4n) is 2.75. The standard InChI is InChI=1S/C21H23ClO7/c1-2-29-15-6-3-12(4-7-15)9-14-10-13(5-8-16(14)22)18(25)20(27)21(28)19(26)17(24)11-23/h3-8,10-11,17,19-21,24,26-28H,2,9H2,1H3. The first-order chi connectivity index (χ1) is 13.8. The van der Waals surface area contributed by atoms with Crippen molar-refractivity contribution in [2.75, 3.05) is 6.61 Å². The molecule has 0 fully saturated rings. The van der Waals surface area contributed by atoms with Crippen molar-refractivity contribution in [3.05, 3.63) is 64.2 Å². The molecule has 8 heteroatoms. The molecule has 0 bridgehead atoms. The zero-order valence-corrected chi connectivity index (χ0v) is 16.5. The number of ether oxygens (including phenoxy) is 1. The summed E-state index contributed by atoms with van der Waals surface area (Å²) < 4.78 is 5.40. The first-order valence-corrected chi connectivity index (χ1v) is 9.38. The highest BCUT2D eigenvalue weighted by Crippen LogP contribution is 2.23. The third kappa shape index (κ3) is 5.85. The summed E-state index contributed by atoms with van der Waals surface area (Å²) in [6.45, 7) is 2.45. The van der Waals surface area contributed by atoms with Crippen molar-refractivity contribution in [1.82, 2.24) is 0 Å². The second-order valence-corrected chi connectivity index (χ2v) is 6.88. The predicted octanol–water partition coefficient (Wildman–Crippen LogP) is 1.15. The fraction of sp³-hybridized carbons (Fsp3) is 0.333. The molecule has 0 aliphatic carbocycles. The maximum atomic E-state index is 12.5. The quantitative estimate of drug-likeness (QED) is 0.334. The van der Waals surface area contributed by atoms with E-state index in [0.29, 0.717) is 23.6 Å². The molecular formula is C21H23ClO7. The van der Waals surface area contributed by atoms with Gasteiger partial charge in [-0.2, -0.15) is 0 Å². The van der Waals surface area contributed by atoms with Gasteiger partial charge < -0.3 is 30.0 Å². The molecule has 0 aliphatic rings. The largest absolute Gasteiger partial charge is 0.494 e. The lowest BCUT2D eigenvalue weighted by Gasteiger charge is -2.23. The number of carbonyl (C=O) groups is 2. The Balaban J connectivity index is 2.18. The van der Waals surface area contributed by atoms with E-state index < -0.39 is 30.2 Å². The summed E-state index contributed by atoms with van der Waals surface area (Å²) in [5, 5.41) is 39.2. The lowest BCUT2D eigenvalue weighted by Crippen LogP contribution is -2.48. The van der Waals surface area contributed by atoms with Crippen molar-refractivity contribution in [3.63, 3.8) is 0 Å². The monoisotopic (exact) mass is 422 g/mol. The zero-order chi connectivity index (χ0) is 21.6. The molecule has 29 heavy (non-hydrogen) atoms. The van der Waals surface area contributed by atoms with Crippen LogP contribution in [0.15, 0.2) is 42.5 Å². The van der Waals surface area contributed by atoms with Gasteiger partial charge in [0, 0.05) is 10.6 Å². The van der Waals surface area contributed by atoms with Crippen molar-refractivity contribution in [2.45, 2.75) is 37.8 Å². The third-order valence-electron chi connectivity index (χ3n) is 4.39. The number of benzene rings is 2. The van der Waals surface area contributed by atoms with Gasteiger partial charge in [0.2, 0.25) is 0 Å². The van der Waals surface area contributed by atoms with Crippen molar-refractivity contribution in [3.8, 4) is 5.75 Å². The molecule has 0 aliphatic heterocycles. The molecule has 0 aromatic heterocycles. The van der Waals surface area contributed by atoms with Gasteiger partial charge in [-0.15, -0.1) is 0 Å². The number of hydrogen-bond acceptors (Lipinski definition) is 7. The molecule has 156 valence electrons. The van der Waals surface area contributed by atoms with E-state index in [1.54, 1.807) is 0 Å². The Morgan fingerprint density at radius 1 is 1.07 bits per heavy atom. The second kappa shape index (κ2) is 10.5. The molecule has 4 N–H and O–H groups in total. The maximum Gasteiger partial charge on any atom is 0.194 e. The summed E-state index contributed by atoms with van der Waals surface area (Å²) in [5.41, 5.74) is 1.61. The van der Waals surface area contributed by atoms with Crippen LogP contribution in [-0.4, -0.2) is 63.5 Å². The van der Waals surface area contributed by atoms with Gasteiger partial charge in [0.25, 0.3) is 0 Å². The third-order valence-corrected chi connectivity index (χ3v) is 4.76. The highest BCUT2D eigenvalue weighted by Gasteiger charge is 2.34. The molecule has 0 saturated heterocycles. The van der Waals surface area contributed by atoms with Gasteiger partial charge >= 0.3 is 0 Å². The Labute approximate surface area is 173 Å². The van der Waals surface area contributed by atoms with Gasteiger partial charge in [-0.3, -0.25) is 4.79 Å². The van der Waals surface area contributed by atoms with Crippen LogP contribution in [0.4, 0.5) is 0 Å². The summed E-state index contributed by atoms with van der Waals surface area (Å²) in [6, 6.07) is 11.7. The van der Waals surface area contributed by atoms with E-state index >= 15 is 0 Å². The molecule has 0 spiro atoms. The van der Waals surface area contributed by atoms with Crippen molar-refractivity contribution >= 4 is 23.7 Å². The summed E-state index contributed by atoms with van der Waals surface area (Å²) in [6.07, 6.45) is -7.57. The van der Waals surface area contributed by atoms with E-state index in [0.717, 1.165) is 11.3 Å². The smallest absolute Gasteiger partial charge is 0.194 e. The highest BCUT2D eigenvalue weighted by atomic mass is 35.5. The van der Waals surface area contributed by atoms with E-state index in [4.69, 9.17) is 16.3 Å². The van der Waals surface area contributed by atoms with E-state index in [9.17, 15) is 30.0 Å². The number of ketones is 1. The van der Waals surface area contributed by atoms with E-state index in [1.807, 2.05) is 31.2 Å². The van der Waals surface area contributed by atoms with Crippen molar-refractivity contribution in [2.24, 2.45) is 0 Å². The number of aldehydes is 1. The van der Waals surface area contributed by atoms with Crippen molar-refractivity contribution < 1.29 is 34.8 Å². The van der Waals surface area contributed by atoms with E-state index in [1.165, 1.54) is 18.2 Å². The van der Waals surface area contributed by atoms with Crippen LogP contribution in [0.2, 0.25) is 5.02 Å². The Morgan fingerprint density at radius 2 is 1.72 bits per heavy atom. The highest BCUT2D eigenvalue weighted by molar-refractivity contribution is 6.31. The van der Waals surface area contributed by atoms with Gasteiger partial charge in [0.05, 0.1) is 6.61 Å². The Hall–Kier alpha value is -2.29. The summed E-state index contributed by atoms with van der Waals surface area (Å²) >= 11 is 6.22. The molecule has 4 unspecified atom stereocenters. The average molecular weight is 423 g/mol. The summed E-state index contributed by atoms with van der Waals surface area (Å²) in [7, 11) is 0. The van der Waals surface area contributed by atoms with E-state index in [-0.39, 0.29) is 11.8 Å². The summed E-state index contributed by atoms with van der Waals surface area (Å²) in [5.74, 6) is -0.140. The summed E-state index contributed by atoms with van der Waals surface area (Å²) in [4.78, 5) is 23.0. The lowest BCUT2D eigenvalue weighted by molar-refractivity contribution is -0.131. The number of halogens is 1. The minimum absolute atomic E-state index is 0.00228.